The van der Waals surface area contributed by atoms with Crippen LogP contribution in [0.3, 0.4) is 0 Å². The van der Waals surface area contributed by atoms with Gasteiger partial charge < -0.3 is 15.5 Å². The van der Waals surface area contributed by atoms with Gasteiger partial charge in [-0.2, -0.15) is 4.98 Å². The number of aromatic nitrogens is 2. The monoisotopic (exact) mass is 358 g/mol. The average molecular weight is 359 g/mol. The molecule has 0 saturated carbocycles. The Morgan fingerprint density at radius 1 is 1.45 bits per heavy atom. The number of aryl methyl sites for hydroxylation is 1. The Bertz CT molecular complexity index is 771. The molecule has 0 aliphatic carbocycles. The Labute approximate surface area is 143 Å². The van der Waals surface area contributed by atoms with Crippen molar-refractivity contribution in [3.63, 3.8) is 0 Å². The number of fused-ring (bicyclic) bond motifs is 1. The fraction of sp³-hybridized carbons (Fsp3) is 0.286. The molecule has 3 aromatic rings. The number of hydrogen-bond donors (Lipinski definition) is 2. The Balaban J connectivity index is 0.00000176. The number of nitrogens with zero attached hydrogens (tertiary/aromatic N) is 2. The van der Waals surface area contributed by atoms with E-state index in [1.54, 1.807) is 17.6 Å². The summed E-state index contributed by atoms with van der Waals surface area (Å²) in [7, 11) is 0. The van der Waals surface area contributed by atoms with E-state index in [0.717, 1.165) is 26.4 Å². The van der Waals surface area contributed by atoms with E-state index in [-0.39, 0.29) is 23.7 Å². The first-order valence-electron chi connectivity index (χ1n) is 6.54. The number of hydrogen-bond acceptors (Lipinski definition) is 6. The van der Waals surface area contributed by atoms with Crippen LogP contribution in [0.4, 0.5) is 5.82 Å². The van der Waals surface area contributed by atoms with Crippen molar-refractivity contribution in [1.82, 2.24) is 9.97 Å². The fourth-order valence-corrected chi connectivity index (χ4v) is 3.55. The second kappa shape index (κ2) is 6.83. The van der Waals surface area contributed by atoms with Crippen molar-refractivity contribution in [1.29, 1.82) is 0 Å². The minimum Gasteiger partial charge on any atom is -0.467 e. The number of nitrogens with two attached hydrogens (primary N) is 1. The van der Waals surface area contributed by atoms with Gasteiger partial charge >= 0.3 is 0 Å². The van der Waals surface area contributed by atoms with Crippen LogP contribution in [0.25, 0.3) is 10.2 Å². The summed E-state index contributed by atoms with van der Waals surface area (Å²) in [5, 5.41) is 3.47. The highest BCUT2D eigenvalue weighted by Gasteiger charge is 2.17. The summed E-state index contributed by atoms with van der Waals surface area (Å²) in [5.74, 6) is 1.54. The molecule has 118 valence electrons. The number of anilines is 1. The van der Waals surface area contributed by atoms with Gasteiger partial charge in [0.05, 0.1) is 23.0 Å². The van der Waals surface area contributed by atoms with Crippen molar-refractivity contribution in [3.8, 4) is 0 Å². The second-order valence-corrected chi connectivity index (χ2v) is 6.22. The summed E-state index contributed by atoms with van der Waals surface area (Å²) < 4.78 is 6.28. The maximum atomic E-state index is 6.03. The smallest absolute Gasteiger partial charge is 0.224 e. The molecule has 3 N–H and O–H groups in total. The van der Waals surface area contributed by atoms with E-state index in [9.17, 15) is 0 Å². The number of nitrogens with one attached hydrogen (secondary N) is 1. The molecular weight excluding hydrogens is 343 g/mol. The van der Waals surface area contributed by atoms with Crippen LogP contribution in [-0.2, 0) is 6.54 Å². The lowest BCUT2D eigenvalue weighted by atomic mass is 10.2. The first-order chi connectivity index (χ1) is 10.1. The molecule has 3 rings (SSSR count). The summed E-state index contributed by atoms with van der Waals surface area (Å²) in [4.78, 5) is 9.71. The predicted molar refractivity (Wildman–Crippen MR) is 93.0 cm³/mol. The van der Waals surface area contributed by atoms with Crippen LogP contribution in [0.1, 0.15) is 29.2 Å². The largest absolute Gasteiger partial charge is 0.467 e. The van der Waals surface area contributed by atoms with Gasteiger partial charge in [0.15, 0.2) is 0 Å². The summed E-state index contributed by atoms with van der Waals surface area (Å²) in [5.41, 5.74) is 7.93. The highest BCUT2D eigenvalue weighted by molar-refractivity contribution is 7.19. The average Bonchev–Trinajstić information content (AvgIpc) is 3.05. The van der Waals surface area contributed by atoms with Gasteiger partial charge in [-0.05, 0) is 43.1 Å². The minimum absolute atomic E-state index is 0. The molecule has 0 aliphatic rings. The Morgan fingerprint density at radius 3 is 2.86 bits per heavy atom. The van der Waals surface area contributed by atoms with Gasteiger partial charge in [-0.1, -0.05) is 0 Å². The summed E-state index contributed by atoms with van der Waals surface area (Å²) in [6.45, 7) is 4.51. The maximum Gasteiger partial charge on any atom is 0.224 e. The molecular formula is C14H16Cl2N4OS. The molecule has 8 heteroatoms. The van der Waals surface area contributed by atoms with E-state index in [4.69, 9.17) is 21.8 Å². The standard InChI is InChI=1S/C14H15ClN4OS.ClH/c1-7-10-12(21-11(7)8(2)16)13(19-14(15)18-10)17-6-9-4-3-5-20-9;/h3-5,8H,6,16H2,1-2H3,(H,17,18,19);1H/t8-;/m0./s1. The van der Waals surface area contributed by atoms with Crippen molar-refractivity contribution in [2.75, 3.05) is 5.32 Å². The number of thiophene rings is 1. The quantitative estimate of drug-likeness (QED) is 0.679. The van der Waals surface area contributed by atoms with Crippen molar-refractivity contribution < 1.29 is 4.42 Å². The van der Waals surface area contributed by atoms with Gasteiger partial charge in [-0.15, -0.1) is 23.7 Å². The molecule has 0 radical (unpaired) electrons. The first-order valence-corrected chi connectivity index (χ1v) is 7.74. The van der Waals surface area contributed by atoms with Gasteiger partial charge in [0.1, 0.15) is 11.6 Å². The highest BCUT2D eigenvalue weighted by atomic mass is 35.5. The molecule has 0 amide bonds. The van der Waals surface area contributed by atoms with Crippen molar-refractivity contribution in [3.05, 3.63) is 39.9 Å². The van der Waals surface area contributed by atoms with Crippen molar-refractivity contribution >= 4 is 51.4 Å². The van der Waals surface area contributed by atoms with Crippen LogP contribution >= 0.6 is 35.3 Å². The molecule has 22 heavy (non-hydrogen) atoms. The van der Waals surface area contributed by atoms with Crippen LogP contribution < -0.4 is 11.1 Å². The fourth-order valence-electron chi connectivity index (χ4n) is 2.22. The third-order valence-corrected chi connectivity index (χ3v) is 4.86. The van der Waals surface area contributed by atoms with Gasteiger partial charge in [0.2, 0.25) is 5.28 Å². The Morgan fingerprint density at radius 2 is 2.23 bits per heavy atom. The lowest BCUT2D eigenvalue weighted by Gasteiger charge is -2.05. The van der Waals surface area contributed by atoms with E-state index in [1.165, 1.54) is 0 Å². The number of rotatable bonds is 4. The molecule has 5 nitrogen and oxygen atoms in total. The van der Waals surface area contributed by atoms with E-state index >= 15 is 0 Å². The molecule has 0 aromatic carbocycles. The minimum atomic E-state index is -0.0408. The molecule has 0 saturated heterocycles. The molecule has 0 spiro atoms. The van der Waals surface area contributed by atoms with Crippen LogP contribution in [-0.4, -0.2) is 9.97 Å². The van der Waals surface area contributed by atoms with E-state index < -0.39 is 0 Å². The third-order valence-electron chi connectivity index (χ3n) is 3.20. The lowest BCUT2D eigenvalue weighted by molar-refractivity contribution is 0.518. The molecule has 3 aromatic heterocycles. The van der Waals surface area contributed by atoms with Gasteiger partial charge in [0, 0.05) is 10.9 Å². The third kappa shape index (κ3) is 3.20. The van der Waals surface area contributed by atoms with Gasteiger partial charge in [0.25, 0.3) is 0 Å². The summed E-state index contributed by atoms with van der Waals surface area (Å²) in [6.07, 6.45) is 1.64. The number of halogens is 2. The van der Waals surface area contributed by atoms with E-state index in [1.807, 2.05) is 26.0 Å². The lowest BCUT2D eigenvalue weighted by Crippen LogP contribution is -2.03. The molecule has 0 aliphatic heterocycles. The van der Waals surface area contributed by atoms with Crippen LogP contribution in [0, 0.1) is 6.92 Å². The van der Waals surface area contributed by atoms with Crippen LogP contribution in [0.5, 0.6) is 0 Å². The Kier molecular flexibility index (Phi) is 5.28. The predicted octanol–water partition coefficient (Wildman–Crippen LogP) is 4.30. The van der Waals surface area contributed by atoms with Gasteiger partial charge in [-0.3, -0.25) is 0 Å². The topological polar surface area (TPSA) is 77.0 Å². The normalized spacial score (nSPS) is 12.2. The number of furan rings is 1. The van der Waals surface area contributed by atoms with E-state index in [2.05, 4.69) is 15.3 Å². The van der Waals surface area contributed by atoms with Gasteiger partial charge in [-0.25, -0.2) is 4.98 Å². The SMILES string of the molecule is Cc1c([C@H](C)N)sc2c(NCc3ccco3)nc(Cl)nc12.Cl. The highest BCUT2D eigenvalue weighted by Crippen LogP contribution is 2.37. The molecule has 1 atom stereocenters. The molecule has 0 bridgehead atoms. The van der Waals surface area contributed by atoms with Crippen molar-refractivity contribution in [2.45, 2.75) is 26.4 Å². The summed E-state index contributed by atoms with van der Waals surface area (Å²) in [6, 6.07) is 3.71. The van der Waals surface area contributed by atoms with E-state index in [0.29, 0.717) is 12.4 Å². The molecule has 0 unspecified atom stereocenters. The first kappa shape index (κ1) is 17.0. The van der Waals surface area contributed by atoms with Crippen LogP contribution in [0.15, 0.2) is 22.8 Å². The van der Waals surface area contributed by atoms with Crippen LogP contribution in [0.2, 0.25) is 5.28 Å². The molecule has 3 heterocycles. The zero-order valence-electron chi connectivity index (χ0n) is 12.1. The zero-order chi connectivity index (χ0) is 15.0. The molecule has 0 fully saturated rings. The van der Waals surface area contributed by atoms with Crippen molar-refractivity contribution in [2.24, 2.45) is 5.73 Å². The zero-order valence-corrected chi connectivity index (χ0v) is 14.5. The summed E-state index contributed by atoms with van der Waals surface area (Å²) >= 11 is 7.64. The Hall–Kier alpha value is -1.34. The maximum absolute atomic E-state index is 6.03. The second-order valence-electron chi connectivity index (χ2n) is 4.83.